The molecule has 1 heterocycles. The number of carbonyl (C=O) groups excluding carboxylic acids is 1. The Bertz CT molecular complexity index is 321. The topological polar surface area (TPSA) is 35.5 Å². The summed E-state index contributed by atoms with van der Waals surface area (Å²) in [6, 6.07) is 0. The van der Waals surface area contributed by atoms with E-state index in [0.29, 0.717) is 0 Å². The van der Waals surface area contributed by atoms with Gasteiger partial charge in [-0.15, -0.1) is 0 Å². The lowest BCUT2D eigenvalue weighted by atomic mass is 9.88. The second-order valence-corrected chi connectivity index (χ2v) is 5.60. The summed E-state index contributed by atoms with van der Waals surface area (Å²) in [5, 5.41) is 0. The van der Waals surface area contributed by atoms with Crippen molar-refractivity contribution in [3.8, 4) is 0 Å². The third-order valence-corrected chi connectivity index (χ3v) is 3.57. The molecule has 78 valence electrons. The summed E-state index contributed by atoms with van der Waals surface area (Å²) in [4.78, 5) is 11.8. The second kappa shape index (κ2) is 3.02. The number of fused-ring (bicyclic) bond motifs is 1. The van der Waals surface area contributed by atoms with Crippen molar-refractivity contribution in [2.24, 2.45) is 0 Å². The van der Waals surface area contributed by atoms with E-state index in [9.17, 15) is 4.79 Å². The van der Waals surface area contributed by atoms with Crippen molar-refractivity contribution in [2.75, 3.05) is 0 Å². The van der Waals surface area contributed by atoms with Crippen LogP contribution in [0.15, 0.2) is 9.66 Å². The van der Waals surface area contributed by atoms with Gasteiger partial charge in [-0.05, 0) is 49.8 Å². The summed E-state index contributed by atoms with van der Waals surface area (Å²) in [5.41, 5.74) is -0.477. The van der Waals surface area contributed by atoms with Gasteiger partial charge in [0.1, 0.15) is 5.60 Å². The third-order valence-electron chi connectivity index (χ3n) is 2.60. The van der Waals surface area contributed by atoms with E-state index in [1.54, 1.807) is 0 Å². The maximum atomic E-state index is 11.8. The van der Waals surface area contributed by atoms with Crippen molar-refractivity contribution >= 4 is 28.4 Å². The highest BCUT2D eigenvalue weighted by Gasteiger charge is 2.54. The van der Waals surface area contributed by atoms with Crippen molar-refractivity contribution in [3.05, 3.63) is 9.66 Å². The van der Waals surface area contributed by atoms with Gasteiger partial charge in [0.25, 0.3) is 0 Å². The van der Waals surface area contributed by atoms with Gasteiger partial charge >= 0.3 is 0 Å². The molecule has 0 amide bonds. The molecule has 0 bridgehead atoms. The monoisotopic (exact) mass is 308 g/mol. The van der Waals surface area contributed by atoms with Gasteiger partial charge in [-0.1, -0.05) is 6.08 Å². The van der Waals surface area contributed by atoms with Crippen molar-refractivity contribution in [2.45, 2.75) is 44.7 Å². The average Bonchev–Trinajstić information content (AvgIpc) is 2.30. The van der Waals surface area contributed by atoms with Crippen molar-refractivity contribution in [1.82, 2.24) is 0 Å². The fourth-order valence-corrected chi connectivity index (χ4v) is 2.55. The molecular weight excluding hydrogens is 295 g/mol. The number of ether oxygens (including phenoxy) is 2. The first-order valence-electron chi connectivity index (χ1n) is 4.62. The van der Waals surface area contributed by atoms with Crippen LogP contribution in [0.25, 0.3) is 0 Å². The van der Waals surface area contributed by atoms with Crippen LogP contribution in [0.4, 0.5) is 0 Å². The Morgan fingerprint density at radius 3 is 2.79 bits per heavy atom. The highest BCUT2D eigenvalue weighted by molar-refractivity contribution is 14.1. The fraction of sp³-hybridized carbons (Fsp3) is 0.700. The van der Waals surface area contributed by atoms with Crippen molar-refractivity contribution in [1.29, 1.82) is 0 Å². The first-order valence-corrected chi connectivity index (χ1v) is 5.70. The quantitative estimate of drug-likeness (QED) is 0.644. The van der Waals surface area contributed by atoms with Gasteiger partial charge in [0.2, 0.25) is 0 Å². The second-order valence-electron chi connectivity index (χ2n) is 4.43. The van der Waals surface area contributed by atoms with Gasteiger partial charge in [-0.25, -0.2) is 0 Å². The lowest BCUT2D eigenvalue weighted by Crippen LogP contribution is -2.44. The highest BCUT2D eigenvalue weighted by atomic mass is 127. The molecule has 0 spiro atoms. The lowest BCUT2D eigenvalue weighted by Gasteiger charge is -2.29. The first-order chi connectivity index (χ1) is 6.34. The van der Waals surface area contributed by atoms with Crippen LogP contribution in [0.1, 0.15) is 27.2 Å². The SMILES string of the molecule is CC1(C)O[C@H]2C(=O)C(I)=CC[C@@]2(C)O1. The zero-order valence-electron chi connectivity index (χ0n) is 8.46. The molecule has 3 nitrogen and oxygen atoms in total. The summed E-state index contributed by atoms with van der Waals surface area (Å²) in [7, 11) is 0. The Hall–Kier alpha value is 0.0600. The van der Waals surface area contributed by atoms with Crippen LogP contribution >= 0.6 is 22.6 Å². The minimum absolute atomic E-state index is 0.0462. The van der Waals surface area contributed by atoms with E-state index >= 15 is 0 Å². The smallest absolute Gasteiger partial charge is 0.200 e. The standard InChI is InChI=1S/C10H13IO3/c1-9(2)13-8-7(12)6(11)4-5-10(8,3)14-9/h4,8H,5H2,1-3H3/t8-,10+/m0/s1. The number of halogens is 1. The van der Waals surface area contributed by atoms with E-state index in [-0.39, 0.29) is 5.78 Å². The van der Waals surface area contributed by atoms with E-state index in [4.69, 9.17) is 9.47 Å². The molecule has 1 aliphatic heterocycles. The number of hydrogen-bond donors (Lipinski definition) is 0. The van der Waals surface area contributed by atoms with Crippen LogP contribution in [-0.2, 0) is 14.3 Å². The van der Waals surface area contributed by atoms with E-state index in [1.165, 1.54) is 0 Å². The molecule has 0 N–H and O–H groups in total. The number of Topliss-reactive ketones (excluding diaryl/α,β-unsaturated/α-hetero) is 1. The minimum atomic E-state index is -0.649. The van der Waals surface area contributed by atoms with Crippen LogP contribution < -0.4 is 0 Å². The Balaban J connectivity index is 2.35. The highest BCUT2D eigenvalue weighted by Crippen LogP contribution is 2.43. The van der Waals surface area contributed by atoms with Gasteiger partial charge in [-0.3, -0.25) is 4.79 Å². The molecule has 0 saturated carbocycles. The fourth-order valence-electron chi connectivity index (χ4n) is 2.05. The molecule has 2 atom stereocenters. The summed E-state index contributed by atoms with van der Waals surface area (Å²) in [6.45, 7) is 5.62. The normalized spacial score (nSPS) is 40.7. The minimum Gasteiger partial charge on any atom is -0.341 e. The van der Waals surface area contributed by atoms with Gasteiger partial charge in [-0.2, -0.15) is 0 Å². The molecular formula is C10H13IO3. The molecule has 0 unspecified atom stereocenters. The molecule has 0 aromatic heterocycles. The Morgan fingerprint density at radius 2 is 2.14 bits per heavy atom. The molecule has 2 aliphatic rings. The molecule has 0 aromatic rings. The average molecular weight is 308 g/mol. The van der Waals surface area contributed by atoms with Gasteiger partial charge in [0, 0.05) is 0 Å². The summed E-state index contributed by atoms with van der Waals surface area (Å²) >= 11 is 2.05. The maximum absolute atomic E-state index is 11.8. The Kier molecular flexibility index (Phi) is 2.28. The zero-order valence-corrected chi connectivity index (χ0v) is 10.6. The van der Waals surface area contributed by atoms with E-state index in [2.05, 4.69) is 22.6 Å². The van der Waals surface area contributed by atoms with E-state index < -0.39 is 17.5 Å². The predicted octanol–water partition coefficient (Wildman–Crippen LogP) is 2.19. The number of hydrogen-bond acceptors (Lipinski definition) is 3. The zero-order chi connectivity index (χ0) is 10.6. The van der Waals surface area contributed by atoms with Crippen LogP contribution in [0.2, 0.25) is 0 Å². The van der Waals surface area contributed by atoms with E-state index in [0.717, 1.165) is 10.0 Å². The number of rotatable bonds is 0. The van der Waals surface area contributed by atoms with Gasteiger partial charge in [0.05, 0.1) is 3.58 Å². The third kappa shape index (κ3) is 1.53. The largest absolute Gasteiger partial charge is 0.341 e. The first kappa shape index (κ1) is 10.6. The maximum Gasteiger partial charge on any atom is 0.200 e. The molecule has 14 heavy (non-hydrogen) atoms. The lowest BCUT2D eigenvalue weighted by molar-refractivity contribution is -0.161. The Labute approximate surface area is 97.0 Å². The number of carbonyl (C=O) groups is 1. The summed E-state index contributed by atoms with van der Waals surface area (Å²) in [5.74, 6) is -0.602. The molecule has 1 aliphatic carbocycles. The van der Waals surface area contributed by atoms with Crippen LogP contribution in [-0.4, -0.2) is 23.3 Å². The molecule has 0 radical (unpaired) electrons. The Morgan fingerprint density at radius 1 is 1.50 bits per heavy atom. The summed E-state index contributed by atoms with van der Waals surface area (Å²) < 4.78 is 12.1. The van der Waals surface area contributed by atoms with Gasteiger partial charge in [0.15, 0.2) is 17.7 Å². The van der Waals surface area contributed by atoms with Crippen molar-refractivity contribution in [3.63, 3.8) is 0 Å². The van der Waals surface area contributed by atoms with E-state index in [1.807, 2.05) is 26.8 Å². The predicted molar refractivity (Wildman–Crippen MR) is 60.2 cm³/mol. The molecule has 4 heteroatoms. The van der Waals surface area contributed by atoms with Crippen LogP contribution in [0.5, 0.6) is 0 Å². The molecule has 0 aromatic carbocycles. The van der Waals surface area contributed by atoms with Crippen LogP contribution in [0, 0.1) is 0 Å². The van der Waals surface area contributed by atoms with Crippen molar-refractivity contribution < 1.29 is 14.3 Å². The molecule has 1 fully saturated rings. The summed E-state index contributed by atoms with van der Waals surface area (Å²) in [6.07, 6.45) is 2.23. The molecule has 2 rings (SSSR count). The number of ketones is 1. The molecule has 1 saturated heterocycles. The van der Waals surface area contributed by atoms with Crippen LogP contribution in [0.3, 0.4) is 0 Å². The van der Waals surface area contributed by atoms with Gasteiger partial charge < -0.3 is 9.47 Å².